The highest BCUT2D eigenvalue weighted by molar-refractivity contribution is 5.29. The smallest absolute Gasteiger partial charge is 0.240 e. The molecule has 2 saturated heterocycles. The van der Waals surface area contributed by atoms with Gasteiger partial charge in [-0.3, -0.25) is 9.80 Å². The standard InChI is InChI=1S/C17H25N7O/c1-13(2)16-20-15(25-21-16)12-22-10-14(11-22)23-6-8-24(9-7-23)17-18-4-3-5-19-17/h3-5,13-14H,6-12H2,1-2H3. The molecular weight excluding hydrogens is 318 g/mol. The van der Waals surface area contributed by atoms with Crippen LogP contribution in [0.3, 0.4) is 0 Å². The lowest BCUT2D eigenvalue weighted by Gasteiger charge is -2.47. The van der Waals surface area contributed by atoms with E-state index in [0.717, 1.165) is 63.5 Å². The molecule has 0 aliphatic carbocycles. The number of likely N-dealkylation sites (tertiary alicyclic amines) is 1. The second-order valence-electron chi connectivity index (χ2n) is 7.12. The summed E-state index contributed by atoms with van der Waals surface area (Å²) in [7, 11) is 0. The first kappa shape index (κ1) is 16.4. The van der Waals surface area contributed by atoms with Gasteiger partial charge in [-0.25, -0.2) is 9.97 Å². The zero-order valence-corrected chi connectivity index (χ0v) is 14.9. The van der Waals surface area contributed by atoms with Crippen LogP contribution in [0.4, 0.5) is 5.95 Å². The van der Waals surface area contributed by atoms with Crippen molar-refractivity contribution in [3.8, 4) is 0 Å². The van der Waals surface area contributed by atoms with E-state index in [4.69, 9.17) is 4.52 Å². The van der Waals surface area contributed by atoms with Crippen molar-refractivity contribution >= 4 is 5.95 Å². The van der Waals surface area contributed by atoms with Gasteiger partial charge in [0.25, 0.3) is 0 Å². The van der Waals surface area contributed by atoms with Gasteiger partial charge in [0.05, 0.1) is 6.54 Å². The van der Waals surface area contributed by atoms with Crippen LogP contribution in [0.25, 0.3) is 0 Å². The molecule has 134 valence electrons. The van der Waals surface area contributed by atoms with Gasteiger partial charge in [-0.2, -0.15) is 4.98 Å². The lowest BCUT2D eigenvalue weighted by molar-refractivity contribution is 0.0195. The highest BCUT2D eigenvalue weighted by Crippen LogP contribution is 2.20. The van der Waals surface area contributed by atoms with Crippen LogP contribution in [0.15, 0.2) is 23.0 Å². The Kier molecular flexibility index (Phi) is 4.63. The van der Waals surface area contributed by atoms with Crippen molar-refractivity contribution in [2.45, 2.75) is 32.4 Å². The molecule has 2 aliphatic rings. The van der Waals surface area contributed by atoms with Crippen LogP contribution in [0.5, 0.6) is 0 Å². The van der Waals surface area contributed by atoms with E-state index in [1.807, 2.05) is 6.07 Å². The van der Waals surface area contributed by atoms with E-state index < -0.39 is 0 Å². The molecule has 0 amide bonds. The summed E-state index contributed by atoms with van der Waals surface area (Å²) in [6, 6.07) is 2.49. The summed E-state index contributed by atoms with van der Waals surface area (Å²) in [5.74, 6) is 2.68. The van der Waals surface area contributed by atoms with Crippen molar-refractivity contribution in [1.29, 1.82) is 0 Å². The topological polar surface area (TPSA) is 74.4 Å². The monoisotopic (exact) mass is 343 g/mol. The van der Waals surface area contributed by atoms with Gasteiger partial charge in [0.15, 0.2) is 5.82 Å². The molecule has 4 heterocycles. The van der Waals surface area contributed by atoms with Crippen LogP contribution in [-0.4, -0.2) is 75.2 Å². The SMILES string of the molecule is CC(C)c1noc(CN2CC(N3CCN(c4ncccn4)CC3)C2)n1. The lowest BCUT2D eigenvalue weighted by Crippen LogP contribution is -2.62. The third-order valence-corrected chi connectivity index (χ3v) is 4.96. The highest BCUT2D eigenvalue weighted by Gasteiger charge is 2.34. The first-order chi connectivity index (χ1) is 12.2. The summed E-state index contributed by atoms with van der Waals surface area (Å²) in [4.78, 5) is 20.4. The van der Waals surface area contributed by atoms with E-state index in [1.165, 1.54) is 0 Å². The fourth-order valence-corrected chi connectivity index (χ4v) is 3.40. The Balaban J connectivity index is 1.22. The third-order valence-electron chi connectivity index (χ3n) is 4.96. The van der Waals surface area contributed by atoms with Gasteiger partial charge in [0, 0.05) is 63.6 Å². The molecule has 0 bridgehead atoms. The van der Waals surface area contributed by atoms with E-state index in [0.29, 0.717) is 12.0 Å². The zero-order chi connectivity index (χ0) is 17.2. The summed E-state index contributed by atoms with van der Waals surface area (Å²) < 4.78 is 5.34. The Morgan fingerprint density at radius 2 is 1.84 bits per heavy atom. The molecule has 0 unspecified atom stereocenters. The van der Waals surface area contributed by atoms with Crippen LogP contribution >= 0.6 is 0 Å². The van der Waals surface area contributed by atoms with Gasteiger partial charge in [-0.1, -0.05) is 19.0 Å². The maximum absolute atomic E-state index is 5.34. The zero-order valence-electron chi connectivity index (χ0n) is 14.9. The third kappa shape index (κ3) is 3.64. The fraction of sp³-hybridized carbons (Fsp3) is 0.647. The number of hydrogen-bond acceptors (Lipinski definition) is 8. The first-order valence-corrected chi connectivity index (χ1v) is 9.00. The molecule has 8 nitrogen and oxygen atoms in total. The van der Waals surface area contributed by atoms with Crippen LogP contribution in [0.2, 0.25) is 0 Å². The van der Waals surface area contributed by atoms with Crippen LogP contribution in [0, 0.1) is 0 Å². The van der Waals surface area contributed by atoms with E-state index >= 15 is 0 Å². The molecule has 2 aromatic rings. The number of aromatic nitrogens is 4. The number of piperazine rings is 1. The predicted octanol–water partition coefficient (Wildman–Crippen LogP) is 0.989. The summed E-state index contributed by atoms with van der Waals surface area (Å²) in [5, 5.41) is 4.03. The summed E-state index contributed by atoms with van der Waals surface area (Å²) in [6.07, 6.45) is 3.61. The minimum Gasteiger partial charge on any atom is -0.338 e. The van der Waals surface area contributed by atoms with Gasteiger partial charge in [0.2, 0.25) is 11.8 Å². The maximum Gasteiger partial charge on any atom is 0.240 e. The lowest BCUT2D eigenvalue weighted by atomic mass is 10.1. The molecule has 2 aliphatic heterocycles. The van der Waals surface area contributed by atoms with Gasteiger partial charge in [-0.05, 0) is 6.07 Å². The van der Waals surface area contributed by atoms with E-state index in [-0.39, 0.29) is 0 Å². The van der Waals surface area contributed by atoms with Gasteiger partial charge in [-0.15, -0.1) is 0 Å². The van der Waals surface area contributed by atoms with Crippen molar-refractivity contribution < 1.29 is 4.52 Å². The molecule has 0 atom stereocenters. The number of anilines is 1. The Labute approximate surface area is 147 Å². The minimum absolute atomic E-state index is 0.312. The van der Waals surface area contributed by atoms with Crippen molar-refractivity contribution in [3.05, 3.63) is 30.2 Å². The average Bonchev–Trinajstić information content (AvgIpc) is 3.08. The number of rotatable bonds is 5. The Morgan fingerprint density at radius 1 is 1.12 bits per heavy atom. The average molecular weight is 343 g/mol. The molecular formula is C17H25N7O. The molecule has 0 aromatic carbocycles. The second-order valence-corrected chi connectivity index (χ2v) is 7.12. The second kappa shape index (κ2) is 7.05. The highest BCUT2D eigenvalue weighted by atomic mass is 16.5. The molecule has 25 heavy (non-hydrogen) atoms. The van der Waals surface area contributed by atoms with Gasteiger partial charge >= 0.3 is 0 Å². The maximum atomic E-state index is 5.34. The van der Waals surface area contributed by atoms with E-state index in [1.54, 1.807) is 12.4 Å². The summed E-state index contributed by atoms with van der Waals surface area (Å²) >= 11 is 0. The first-order valence-electron chi connectivity index (χ1n) is 9.00. The molecule has 2 aromatic heterocycles. The van der Waals surface area contributed by atoms with Crippen molar-refractivity contribution in [3.63, 3.8) is 0 Å². The van der Waals surface area contributed by atoms with Crippen molar-refractivity contribution in [1.82, 2.24) is 29.9 Å². The Bertz CT molecular complexity index is 675. The van der Waals surface area contributed by atoms with Crippen molar-refractivity contribution in [2.75, 3.05) is 44.2 Å². The summed E-state index contributed by atoms with van der Waals surface area (Å²) in [6.45, 7) is 11.2. The fourth-order valence-electron chi connectivity index (χ4n) is 3.40. The largest absolute Gasteiger partial charge is 0.338 e. The quantitative estimate of drug-likeness (QED) is 0.796. The van der Waals surface area contributed by atoms with Gasteiger partial charge in [0.1, 0.15) is 0 Å². The number of nitrogens with zero attached hydrogens (tertiary/aromatic N) is 7. The molecule has 0 saturated carbocycles. The van der Waals surface area contributed by atoms with Crippen LogP contribution in [0.1, 0.15) is 31.5 Å². The number of hydrogen-bond donors (Lipinski definition) is 0. The van der Waals surface area contributed by atoms with Crippen molar-refractivity contribution in [2.24, 2.45) is 0 Å². The Hall–Kier alpha value is -2.06. The van der Waals surface area contributed by atoms with E-state index in [2.05, 4.69) is 48.7 Å². The summed E-state index contributed by atoms with van der Waals surface area (Å²) in [5.41, 5.74) is 0. The molecule has 0 radical (unpaired) electrons. The van der Waals surface area contributed by atoms with Gasteiger partial charge < -0.3 is 9.42 Å². The molecule has 2 fully saturated rings. The minimum atomic E-state index is 0.312. The van der Waals surface area contributed by atoms with Crippen LogP contribution in [-0.2, 0) is 6.54 Å². The molecule has 0 N–H and O–H groups in total. The molecule has 8 heteroatoms. The predicted molar refractivity (Wildman–Crippen MR) is 93.3 cm³/mol. The van der Waals surface area contributed by atoms with E-state index in [9.17, 15) is 0 Å². The van der Waals surface area contributed by atoms with Crippen LogP contribution < -0.4 is 4.90 Å². The Morgan fingerprint density at radius 3 is 2.48 bits per heavy atom. The normalized spacial score (nSPS) is 20.2. The molecule has 0 spiro atoms. The molecule has 4 rings (SSSR count).